The van der Waals surface area contributed by atoms with Crippen molar-refractivity contribution in [2.75, 3.05) is 18.1 Å². The molecule has 13 heteroatoms. The summed E-state index contributed by atoms with van der Waals surface area (Å²) in [5.74, 6) is -3.71. The molecular weight excluding hydrogens is 564 g/mol. The molecule has 1 saturated heterocycles. The van der Waals surface area contributed by atoms with Gasteiger partial charge in [-0.25, -0.2) is 4.79 Å². The van der Waals surface area contributed by atoms with Crippen molar-refractivity contribution in [1.29, 1.82) is 0 Å². The zero-order valence-corrected chi connectivity index (χ0v) is 23.6. The van der Waals surface area contributed by atoms with Crippen molar-refractivity contribution in [3.8, 4) is 0 Å². The molecule has 2 aliphatic rings. The first-order chi connectivity index (χ1) is 20.6. The first kappa shape index (κ1) is 32.0. The summed E-state index contributed by atoms with van der Waals surface area (Å²) in [4.78, 5) is 52.4. The number of esters is 2. The van der Waals surface area contributed by atoms with Gasteiger partial charge in [0, 0.05) is 5.69 Å². The maximum Gasteiger partial charge on any atom is 0.335 e. The van der Waals surface area contributed by atoms with E-state index in [4.69, 9.17) is 14.2 Å². The van der Waals surface area contributed by atoms with E-state index in [2.05, 4.69) is 5.32 Å². The third-order valence-corrected chi connectivity index (χ3v) is 7.43. The number of aryl methyl sites for hydroxylation is 2. The molecule has 2 aromatic rings. The van der Waals surface area contributed by atoms with Gasteiger partial charge >= 0.3 is 17.9 Å². The summed E-state index contributed by atoms with van der Waals surface area (Å²) in [6.45, 7) is 1.21. The van der Waals surface area contributed by atoms with Gasteiger partial charge in [-0.3, -0.25) is 24.6 Å². The van der Waals surface area contributed by atoms with Crippen LogP contribution in [0.2, 0.25) is 0 Å². The highest BCUT2D eigenvalue weighted by Crippen LogP contribution is 2.28. The van der Waals surface area contributed by atoms with Gasteiger partial charge in [0.25, 0.3) is 0 Å². The Kier molecular flexibility index (Phi) is 10.8. The molecular formula is C30H36N2O11. The molecule has 0 bridgehead atoms. The monoisotopic (exact) mass is 600 g/mol. The van der Waals surface area contributed by atoms with Crippen LogP contribution in [0.5, 0.6) is 0 Å². The number of rotatable bonds is 11. The largest absolute Gasteiger partial charge is 0.479 e. The van der Waals surface area contributed by atoms with E-state index in [-0.39, 0.29) is 6.61 Å². The number of fused-ring (bicyclic) bond motifs is 1. The first-order valence-corrected chi connectivity index (χ1v) is 14.1. The third-order valence-electron chi connectivity index (χ3n) is 7.43. The van der Waals surface area contributed by atoms with Gasteiger partial charge in [-0.05, 0) is 49.8 Å². The lowest BCUT2D eigenvalue weighted by Crippen LogP contribution is -2.61. The second kappa shape index (κ2) is 14.5. The number of anilines is 1. The van der Waals surface area contributed by atoms with Crippen molar-refractivity contribution in [1.82, 2.24) is 5.32 Å². The van der Waals surface area contributed by atoms with Crippen LogP contribution in [0, 0.1) is 0 Å². The number of benzene rings is 2. The Morgan fingerprint density at radius 2 is 1.72 bits per heavy atom. The van der Waals surface area contributed by atoms with E-state index in [1.54, 1.807) is 25.1 Å². The summed E-state index contributed by atoms with van der Waals surface area (Å²) in [5, 5.41) is 42.6. The summed E-state index contributed by atoms with van der Waals surface area (Å²) in [6.07, 6.45) is -8.05. The average Bonchev–Trinajstić information content (AvgIpc) is 3.12. The number of hydrogen-bond donors (Lipinski definition) is 5. The predicted molar refractivity (Wildman–Crippen MR) is 150 cm³/mol. The fourth-order valence-electron chi connectivity index (χ4n) is 5.19. The van der Waals surface area contributed by atoms with Gasteiger partial charge in [-0.2, -0.15) is 0 Å². The molecule has 0 radical (unpaired) electrons. The highest BCUT2D eigenvalue weighted by molar-refractivity contribution is 6.02. The molecule has 0 saturated carbocycles. The summed E-state index contributed by atoms with van der Waals surface area (Å²) >= 11 is 0. The number of nitrogens with one attached hydrogen (secondary N) is 1. The number of aliphatic hydroxyl groups excluding tert-OH is 3. The molecule has 2 heterocycles. The lowest BCUT2D eigenvalue weighted by molar-refractivity contribution is -0.285. The molecule has 2 aliphatic heterocycles. The van der Waals surface area contributed by atoms with Gasteiger partial charge in [-0.15, -0.1) is 0 Å². The van der Waals surface area contributed by atoms with E-state index in [0.717, 1.165) is 11.1 Å². The van der Waals surface area contributed by atoms with Crippen LogP contribution >= 0.6 is 0 Å². The molecule has 43 heavy (non-hydrogen) atoms. The summed E-state index contributed by atoms with van der Waals surface area (Å²) in [5.41, 5.74) is 2.22. The number of carbonyl (C=O) groups is 4. The third kappa shape index (κ3) is 7.75. The van der Waals surface area contributed by atoms with Crippen molar-refractivity contribution in [3.05, 3.63) is 65.7 Å². The molecule has 232 valence electrons. The van der Waals surface area contributed by atoms with E-state index in [0.29, 0.717) is 31.4 Å². The smallest absolute Gasteiger partial charge is 0.335 e. The van der Waals surface area contributed by atoms with Crippen molar-refractivity contribution >= 4 is 29.5 Å². The Labute approximate surface area is 248 Å². The van der Waals surface area contributed by atoms with Crippen LogP contribution in [-0.4, -0.2) is 100 Å². The number of carbonyl (C=O) groups excluding carboxylic acids is 3. The van der Waals surface area contributed by atoms with Gasteiger partial charge in [0.15, 0.2) is 6.10 Å². The topological polar surface area (TPSA) is 192 Å². The normalized spacial score (nSPS) is 26.1. The summed E-state index contributed by atoms with van der Waals surface area (Å²) in [6, 6.07) is 14.8. The Morgan fingerprint density at radius 1 is 1.02 bits per heavy atom. The number of ether oxygens (including phenoxy) is 3. The average molecular weight is 601 g/mol. The van der Waals surface area contributed by atoms with Gasteiger partial charge in [0.2, 0.25) is 12.2 Å². The number of para-hydroxylation sites is 1. The van der Waals surface area contributed by atoms with Crippen molar-refractivity contribution in [2.45, 2.75) is 75.4 Å². The van der Waals surface area contributed by atoms with Crippen LogP contribution in [0.4, 0.5) is 5.69 Å². The SMILES string of the molecule is CCOC(=O)[C@H](CCc1ccccc1)N[C@H]1CCc2ccccc2N(CC(=O)O[C@@H]2O[C@H](C(=O)O)[C@@H](O)[C@H](O)[C@H]2O)C1=O. The number of amides is 1. The van der Waals surface area contributed by atoms with Crippen LogP contribution in [0.15, 0.2) is 54.6 Å². The molecule has 13 nitrogen and oxygen atoms in total. The quantitative estimate of drug-likeness (QED) is 0.216. The maximum absolute atomic E-state index is 13.9. The molecule has 4 rings (SSSR count). The fraction of sp³-hybridized carbons (Fsp3) is 0.467. The zero-order chi connectivity index (χ0) is 31.1. The number of aliphatic carboxylic acids is 1. The Morgan fingerprint density at radius 3 is 2.42 bits per heavy atom. The molecule has 1 fully saturated rings. The van der Waals surface area contributed by atoms with E-state index in [1.807, 2.05) is 36.4 Å². The lowest BCUT2D eigenvalue weighted by atomic mass is 9.99. The van der Waals surface area contributed by atoms with Crippen LogP contribution in [-0.2, 0) is 46.2 Å². The number of hydrogen-bond acceptors (Lipinski definition) is 11. The van der Waals surface area contributed by atoms with Gasteiger partial charge < -0.3 is 34.6 Å². The van der Waals surface area contributed by atoms with Crippen LogP contribution in [0.1, 0.15) is 30.9 Å². The van der Waals surface area contributed by atoms with E-state index in [1.165, 1.54) is 4.90 Å². The highest BCUT2D eigenvalue weighted by Gasteiger charge is 2.49. The lowest BCUT2D eigenvalue weighted by Gasteiger charge is -2.38. The minimum absolute atomic E-state index is 0.161. The second-order valence-electron chi connectivity index (χ2n) is 10.4. The highest BCUT2D eigenvalue weighted by atomic mass is 16.7. The Bertz CT molecular complexity index is 1290. The van der Waals surface area contributed by atoms with E-state index >= 15 is 0 Å². The predicted octanol–water partition coefficient (Wildman–Crippen LogP) is -0.0761. The molecule has 0 unspecified atom stereocenters. The van der Waals surface area contributed by atoms with Crippen LogP contribution in [0.3, 0.4) is 0 Å². The number of carboxylic acid groups (broad SMARTS) is 1. The Balaban J connectivity index is 1.52. The second-order valence-corrected chi connectivity index (χ2v) is 10.4. The van der Waals surface area contributed by atoms with Gasteiger partial charge in [0.05, 0.1) is 12.6 Å². The van der Waals surface area contributed by atoms with E-state index in [9.17, 15) is 39.6 Å². The van der Waals surface area contributed by atoms with Crippen LogP contribution in [0.25, 0.3) is 0 Å². The Hall–Kier alpha value is -3.88. The summed E-state index contributed by atoms with van der Waals surface area (Å²) < 4.78 is 15.5. The van der Waals surface area contributed by atoms with E-state index < -0.39 is 73.1 Å². The molecule has 0 spiro atoms. The summed E-state index contributed by atoms with van der Waals surface area (Å²) in [7, 11) is 0. The molecule has 7 atom stereocenters. The molecule has 0 aromatic heterocycles. The zero-order valence-electron chi connectivity index (χ0n) is 23.6. The van der Waals surface area contributed by atoms with Gasteiger partial charge in [-0.1, -0.05) is 48.5 Å². The van der Waals surface area contributed by atoms with Crippen molar-refractivity contribution < 1.29 is 53.8 Å². The fourth-order valence-corrected chi connectivity index (χ4v) is 5.19. The number of nitrogens with zero attached hydrogens (tertiary/aromatic N) is 1. The molecule has 0 aliphatic carbocycles. The first-order valence-electron chi connectivity index (χ1n) is 14.1. The maximum atomic E-state index is 13.9. The van der Waals surface area contributed by atoms with Crippen molar-refractivity contribution in [3.63, 3.8) is 0 Å². The van der Waals surface area contributed by atoms with Crippen LogP contribution < -0.4 is 10.2 Å². The molecule has 5 N–H and O–H groups in total. The van der Waals surface area contributed by atoms with Crippen molar-refractivity contribution in [2.24, 2.45) is 0 Å². The minimum Gasteiger partial charge on any atom is -0.479 e. The standard InChI is InChI=1S/C30H36N2O11/c1-2-41-29(40)20(14-12-17-8-4-3-5-9-17)31-19-15-13-18-10-6-7-11-21(18)32(27(19)37)16-22(33)42-30-25(36)23(34)24(35)26(43-30)28(38)39/h3-11,19-20,23-26,30-31,34-36H,2,12-16H2,1H3,(H,38,39)/t19-,20-,23-,24-,25+,26-,30+/m0/s1. The molecule has 1 amide bonds. The minimum atomic E-state index is -1.96. The number of carboxylic acids is 1. The number of aliphatic hydroxyl groups is 3. The molecule has 2 aromatic carbocycles. The van der Waals surface area contributed by atoms with Gasteiger partial charge in [0.1, 0.15) is 30.9 Å².